The summed E-state index contributed by atoms with van der Waals surface area (Å²) in [6.07, 6.45) is 4.66. The van der Waals surface area contributed by atoms with Gasteiger partial charge in [-0.25, -0.2) is 9.67 Å². The molecule has 1 aromatic carbocycles. The minimum absolute atomic E-state index is 0.140. The molecule has 0 aliphatic carbocycles. The number of hydrogen-bond donors (Lipinski definition) is 1. The lowest BCUT2D eigenvalue weighted by molar-refractivity contribution is 0.734. The van der Waals surface area contributed by atoms with Crippen molar-refractivity contribution < 1.29 is 0 Å². The molecule has 0 spiro atoms. The van der Waals surface area contributed by atoms with E-state index in [1.807, 2.05) is 54.3 Å². The molecular weight excluding hydrogens is 268 g/mol. The standard InChI is InChI=1S/C15H16N4S/c1-11(16)7-15-18-14(10-20-15)12-8-17-19(9-12)13-5-3-2-4-6-13/h2-6,8-11H,7,16H2,1H3. The Morgan fingerprint density at radius 3 is 2.85 bits per heavy atom. The van der Waals surface area contributed by atoms with Crippen LogP contribution in [0.5, 0.6) is 0 Å². The number of thiazole rings is 1. The normalized spacial score (nSPS) is 12.5. The zero-order chi connectivity index (χ0) is 13.9. The molecule has 20 heavy (non-hydrogen) atoms. The molecule has 0 aliphatic rings. The average Bonchev–Trinajstić information content (AvgIpc) is 3.07. The highest BCUT2D eigenvalue weighted by Crippen LogP contribution is 2.23. The van der Waals surface area contributed by atoms with Crippen LogP contribution in [-0.4, -0.2) is 20.8 Å². The molecule has 0 amide bonds. The third kappa shape index (κ3) is 2.79. The van der Waals surface area contributed by atoms with Crippen molar-refractivity contribution >= 4 is 11.3 Å². The van der Waals surface area contributed by atoms with Gasteiger partial charge in [-0.3, -0.25) is 0 Å². The number of hydrogen-bond acceptors (Lipinski definition) is 4. The molecule has 2 aromatic heterocycles. The van der Waals surface area contributed by atoms with E-state index in [9.17, 15) is 0 Å². The van der Waals surface area contributed by atoms with Gasteiger partial charge in [0.15, 0.2) is 0 Å². The number of nitrogens with two attached hydrogens (primary N) is 1. The lowest BCUT2D eigenvalue weighted by atomic mass is 10.2. The maximum Gasteiger partial charge on any atom is 0.0947 e. The highest BCUT2D eigenvalue weighted by atomic mass is 32.1. The van der Waals surface area contributed by atoms with Crippen molar-refractivity contribution in [3.05, 3.63) is 53.1 Å². The van der Waals surface area contributed by atoms with Gasteiger partial charge in [-0.1, -0.05) is 18.2 Å². The second kappa shape index (κ2) is 5.56. The largest absolute Gasteiger partial charge is 0.328 e. The molecular formula is C15H16N4S. The Morgan fingerprint density at radius 2 is 2.10 bits per heavy atom. The van der Waals surface area contributed by atoms with Gasteiger partial charge in [-0.2, -0.15) is 5.10 Å². The third-order valence-corrected chi connectivity index (χ3v) is 3.82. The average molecular weight is 284 g/mol. The number of rotatable bonds is 4. The topological polar surface area (TPSA) is 56.7 Å². The lowest BCUT2D eigenvalue weighted by Gasteiger charge is -1.99. The highest BCUT2D eigenvalue weighted by Gasteiger charge is 2.09. The van der Waals surface area contributed by atoms with Gasteiger partial charge in [-0.05, 0) is 19.1 Å². The predicted octanol–water partition coefficient (Wildman–Crippen LogP) is 2.89. The van der Waals surface area contributed by atoms with Gasteiger partial charge < -0.3 is 5.73 Å². The Hall–Kier alpha value is -1.98. The molecule has 0 radical (unpaired) electrons. The summed E-state index contributed by atoms with van der Waals surface area (Å²) in [6.45, 7) is 1.99. The van der Waals surface area contributed by atoms with Crippen molar-refractivity contribution in [3.63, 3.8) is 0 Å². The van der Waals surface area contributed by atoms with E-state index in [1.54, 1.807) is 11.3 Å². The summed E-state index contributed by atoms with van der Waals surface area (Å²) in [4.78, 5) is 4.61. The Bertz CT molecular complexity index is 685. The molecule has 2 N–H and O–H groups in total. The molecule has 4 nitrogen and oxygen atoms in total. The molecule has 3 aromatic rings. The minimum atomic E-state index is 0.140. The van der Waals surface area contributed by atoms with Gasteiger partial charge >= 0.3 is 0 Å². The number of para-hydroxylation sites is 1. The molecule has 0 saturated heterocycles. The first-order chi connectivity index (χ1) is 9.72. The van der Waals surface area contributed by atoms with E-state index in [0.29, 0.717) is 0 Å². The van der Waals surface area contributed by atoms with Crippen LogP contribution in [0.4, 0.5) is 0 Å². The molecule has 3 rings (SSSR count). The van der Waals surface area contributed by atoms with Crippen molar-refractivity contribution in [3.8, 4) is 16.9 Å². The molecule has 1 unspecified atom stereocenters. The van der Waals surface area contributed by atoms with Crippen molar-refractivity contribution in [2.75, 3.05) is 0 Å². The van der Waals surface area contributed by atoms with Crippen molar-refractivity contribution in [2.45, 2.75) is 19.4 Å². The van der Waals surface area contributed by atoms with Gasteiger partial charge in [0.05, 0.1) is 22.6 Å². The quantitative estimate of drug-likeness (QED) is 0.801. The van der Waals surface area contributed by atoms with Gasteiger partial charge in [-0.15, -0.1) is 11.3 Å². The maximum atomic E-state index is 5.80. The minimum Gasteiger partial charge on any atom is -0.328 e. The third-order valence-electron chi connectivity index (χ3n) is 2.95. The van der Waals surface area contributed by atoms with E-state index < -0.39 is 0 Å². The van der Waals surface area contributed by atoms with Crippen molar-refractivity contribution in [1.82, 2.24) is 14.8 Å². The second-order valence-electron chi connectivity index (χ2n) is 4.82. The van der Waals surface area contributed by atoms with Crippen LogP contribution >= 0.6 is 11.3 Å². The highest BCUT2D eigenvalue weighted by molar-refractivity contribution is 7.09. The zero-order valence-electron chi connectivity index (χ0n) is 11.2. The number of benzene rings is 1. The molecule has 2 heterocycles. The second-order valence-corrected chi connectivity index (χ2v) is 5.76. The summed E-state index contributed by atoms with van der Waals surface area (Å²) in [6, 6.07) is 10.2. The zero-order valence-corrected chi connectivity index (χ0v) is 12.0. The van der Waals surface area contributed by atoms with E-state index in [2.05, 4.69) is 15.5 Å². The molecule has 0 bridgehead atoms. The van der Waals surface area contributed by atoms with Gasteiger partial charge in [0.1, 0.15) is 0 Å². The smallest absolute Gasteiger partial charge is 0.0947 e. The summed E-state index contributed by atoms with van der Waals surface area (Å²) in [7, 11) is 0. The fraction of sp³-hybridized carbons (Fsp3) is 0.200. The van der Waals surface area contributed by atoms with Gasteiger partial charge in [0, 0.05) is 29.6 Å². The van der Waals surface area contributed by atoms with Crippen LogP contribution in [0.3, 0.4) is 0 Å². The van der Waals surface area contributed by atoms with Crippen LogP contribution in [0, 0.1) is 0 Å². The molecule has 5 heteroatoms. The van der Waals surface area contributed by atoms with Crippen LogP contribution in [-0.2, 0) is 6.42 Å². The molecule has 0 fully saturated rings. The molecule has 0 saturated carbocycles. The number of aromatic nitrogens is 3. The van der Waals surface area contributed by atoms with E-state index in [0.717, 1.165) is 28.4 Å². The van der Waals surface area contributed by atoms with E-state index >= 15 is 0 Å². The maximum absolute atomic E-state index is 5.80. The first kappa shape index (κ1) is 13.0. The summed E-state index contributed by atoms with van der Waals surface area (Å²) in [5.74, 6) is 0. The van der Waals surface area contributed by atoms with E-state index in [-0.39, 0.29) is 6.04 Å². The first-order valence-corrected chi connectivity index (χ1v) is 7.41. The molecule has 1 atom stereocenters. The summed E-state index contributed by atoms with van der Waals surface area (Å²) in [5, 5.41) is 7.52. The van der Waals surface area contributed by atoms with E-state index in [4.69, 9.17) is 5.73 Å². The lowest BCUT2D eigenvalue weighted by Crippen LogP contribution is -2.17. The Morgan fingerprint density at radius 1 is 1.30 bits per heavy atom. The Kier molecular flexibility index (Phi) is 3.62. The van der Waals surface area contributed by atoms with Crippen LogP contribution in [0.25, 0.3) is 16.9 Å². The first-order valence-electron chi connectivity index (χ1n) is 6.53. The van der Waals surface area contributed by atoms with Crippen LogP contribution < -0.4 is 5.73 Å². The van der Waals surface area contributed by atoms with Gasteiger partial charge in [0.2, 0.25) is 0 Å². The van der Waals surface area contributed by atoms with E-state index in [1.165, 1.54) is 0 Å². The fourth-order valence-corrected chi connectivity index (χ4v) is 2.94. The van der Waals surface area contributed by atoms with Crippen molar-refractivity contribution in [2.24, 2.45) is 5.73 Å². The predicted molar refractivity (Wildman–Crippen MR) is 82.0 cm³/mol. The van der Waals surface area contributed by atoms with Crippen LogP contribution in [0.15, 0.2) is 48.1 Å². The molecule has 0 aliphatic heterocycles. The Labute approximate surface area is 121 Å². The summed E-state index contributed by atoms with van der Waals surface area (Å²) >= 11 is 1.65. The SMILES string of the molecule is CC(N)Cc1nc(-c2cnn(-c3ccccc3)c2)cs1. The van der Waals surface area contributed by atoms with Crippen molar-refractivity contribution in [1.29, 1.82) is 0 Å². The Balaban J connectivity index is 1.85. The van der Waals surface area contributed by atoms with Gasteiger partial charge in [0.25, 0.3) is 0 Å². The van der Waals surface area contributed by atoms with Crippen LogP contribution in [0.2, 0.25) is 0 Å². The fourth-order valence-electron chi connectivity index (χ4n) is 1.99. The monoisotopic (exact) mass is 284 g/mol. The summed E-state index contributed by atoms with van der Waals surface area (Å²) in [5.41, 5.74) is 8.84. The number of nitrogens with zero attached hydrogens (tertiary/aromatic N) is 3. The molecule has 102 valence electrons. The van der Waals surface area contributed by atoms with Crippen LogP contribution in [0.1, 0.15) is 11.9 Å². The summed E-state index contributed by atoms with van der Waals surface area (Å²) < 4.78 is 1.86.